The molecular formula is C18H20F3N3O3S2. The van der Waals surface area contributed by atoms with Gasteiger partial charge in [-0.15, -0.1) is 11.3 Å². The van der Waals surface area contributed by atoms with Crippen molar-refractivity contribution in [3.63, 3.8) is 0 Å². The van der Waals surface area contributed by atoms with Gasteiger partial charge in [0, 0.05) is 24.7 Å². The van der Waals surface area contributed by atoms with Crippen molar-refractivity contribution in [2.75, 3.05) is 19.3 Å². The Morgan fingerprint density at radius 2 is 1.79 bits per heavy atom. The lowest BCUT2D eigenvalue weighted by Gasteiger charge is -2.31. The maximum Gasteiger partial charge on any atom is 0.416 e. The standard InChI is InChI=1S/C18H20F3N3O3S2/c1-11-15(17(25)24-9-7-14(8-10-24)23-29(2,26)27)28-16(22-11)12-3-5-13(6-4-12)18(19,20)21/h3-6,14,23H,7-10H2,1-2H3. The van der Waals surface area contributed by atoms with E-state index >= 15 is 0 Å². The van der Waals surface area contributed by atoms with Crippen molar-refractivity contribution >= 4 is 27.3 Å². The summed E-state index contributed by atoms with van der Waals surface area (Å²) in [6.07, 6.45) is -2.27. The number of benzene rings is 1. The van der Waals surface area contributed by atoms with Gasteiger partial charge in [-0.2, -0.15) is 13.2 Å². The number of likely N-dealkylation sites (tertiary alicyclic amines) is 1. The first kappa shape index (κ1) is 21.7. The molecule has 0 aliphatic carbocycles. The van der Waals surface area contributed by atoms with E-state index in [4.69, 9.17) is 0 Å². The minimum atomic E-state index is -4.41. The predicted octanol–water partition coefficient (Wildman–Crippen LogP) is 3.29. The third kappa shape index (κ3) is 5.34. The van der Waals surface area contributed by atoms with Crippen LogP contribution in [0.4, 0.5) is 13.2 Å². The molecule has 1 N–H and O–H groups in total. The smallest absolute Gasteiger partial charge is 0.338 e. The fourth-order valence-electron chi connectivity index (χ4n) is 3.17. The van der Waals surface area contributed by atoms with Gasteiger partial charge >= 0.3 is 6.18 Å². The highest BCUT2D eigenvalue weighted by molar-refractivity contribution is 7.88. The molecule has 0 radical (unpaired) electrons. The molecule has 0 spiro atoms. The van der Waals surface area contributed by atoms with Crippen LogP contribution in [0.5, 0.6) is 0 Å². The second-order valence-electron chi connectivity index (χ2n) is 6.97. The van der Waals surface area contributed by atoms with Crippen molar-refractivity contribution in [2.45, 2.75) is 32.0 Å². The van der Waals surface area contributed by atoms with Gasteiger partial charge in [-0.05, 0) is 31.9 Å². The highest BCUT2D eigenvalue weighted by Gasteiger charge is 2.31. The van der Waals surface area contributed by atoms with Crippen LogP contribution in [0, 0.1) is 6.92 Å². The molecule has 2 heterocycles. The summed E-state index contributed by atoms with van der Waals surface area (Å²) in [6.45, 7) is 2.52. The first-order valence-corrected chi connectivity index (χ1v) is 11.6. The molecular weight excluding hydrogens is 427 g/mol. The molecule has 29 heavy (non-hydrogen) atoms. The minimum absolute atomic E-state index is 0.195. The summed E-state index contributed by atoms with van der Waals surface area (Å²) in [5.74, 6) is -0.198. The number of carbonyl (C=O) groups is 1. The molecule has 1 saturated heterocycles. The molecule has 0 bridgehead atoms. The zero-order valence-corrected chi connectivity index (χ0v) is 17.4. The second-order valence-corrected chi connectivity index (χ2v) is 9.74. The van der Waals surface area contributed by atoms with E-state index in [1.807, 2.05) is 0 Å². The summed E-state index contributed by atoms with van der Waals surface area (Å²) in [4.78, 5) is 19.3. The summed E-state index contributed by atoms with van der Waals surface area (Å²) >= 11 is 1.14. The number of aromatic nitrogens is 1. The van der Waals surface area contributed by atoms with Crippen molar-refractivity contribution in [2.24, 2.45) is 0 Å². The summed E-state index contributed by atoms with van der Waals surface area (Å²) in [5.41, 5.74) is 0.295. The lowest BCUT2D eigenvalue weighted by atomic mass is 10.1. The molecule has 1 aliphatic heterocycles. The van der Waals surface area contributed by atoms with Gasteiger partial charge in [0.25, 0.3) is 5.91 Å². The summed E-state index contributed by atoms with van der Waals surface area (Å²) in [7, 11) is -3.29. The van der Waals surface area contributed by atoms with E-state index < -0.39 is 21.8 Å². The monoisotopic (exact) mass is 447 g/mol. The molecule has 0 saturated carbocycles. The number of rotatable bonds is 4. The minimum Gasteiger partial charge on any atom is -0.338 e. The maximum atomic E-state index is 12.9. The Hall–Kier alpha value is -1.98. The molecule has 6 nitrogen and oxygen atoms in total. The number of carbonyl (C=O) groups excluding carboxylic acids is 1. The summed E-state index contributed by atoms with van der Waals surface area (Å²) < 4.78 is 63.4. The average molecular weight is 448 g/mol. The summed E-state index contributed by atoms with van der Waals surface area (Å²) in [6, 6.07) is 4.48. The van der Waals surface area contributed by atoms with Crippen LogP contribution in [-0.4, -0.2) is 49.6 Å². The second kappa shape index (κ2) is 8.04. The zero-order chi connectivity index (χ0) is 21.4. The number of sulfonamides is 1. The number of thiazole rings is 1. The summed E-state index contributed by atoms with van der Waals surface area (Å²) in [5, 5.41) is 0.480. The van der Waals surface area contributed by atoms with Gasteiger partial charge in [0.05, 0.1) is 17.5 Å². The lowest BCUT2D eigenvalue weighted by molar-refractivity contribution is -0.137. The van der Waals surface area contributed by atoms with Gasteiger partial charge in [0.2, 0.25) is 10.0 Å². The third-order valence-electron chi connectivity index (χ3n) is 4.61. The number of hydrogen-bond donors (Lipinski definition) is 1. The van der Waals surface area contributed by atoms with Gasteiger partial charge in [0.15, 0.2) is 0 Å². The lowest BCUT2D eigenvalue weighted by Crippen LogP contribution is -2.46. The fourth-order valence-corrected chi connectivity index (χ4v) is 5.05. The van der Waals surface area contributed by atoms with E-state index in [0.29, 0.717) is 47.1 Å². The molecule has 1 aromatic heterocycles. The first-order valence-electron chi connectivity index (χ1n) is 8.85. The molecule has 11 heteroatoms. The Balaban J connectivity index is 1.71. The number of nitrogens with zero attached hydrogens (tertiary/aromatic N) is 2. The molecule has 1 fully saturated rings. The molecule has 1 aliphatic rings. The highest BCUT2D eigenvalue weighted by Crippen LogP contribution is 2.33. The highest BCUT2D eigenvalue weighted by atomic mass is 32.2. The van der Waals surface area contributed by atoms with Crippen LogP contribution < -0.4 is 4.72 Å². The number of piperidine rings is 1. The predicted molar refractivity (Wildman–Crippen MR) is 104 cm³/mol. The van der Waals surface area contributed by atoms with E-state index in [-0.39, 0.29) is 11.9 Å². The molecule has 158 valence electrons. The number of nitrogens with one attached hydrogen (secondary N) is 1. The number of hydrogen-bond acceptors (Lipinski definition) is 5. The van der Waals surface area contributed by atoms with Crippen LogP contribution in [0.1, 0.15) is 33.8 Å². The van der Waals surface area contributed by atoms with E-state index in [2.05, 4.69) is 9.71 Å². The van der Waals surface area contributed by atoms with Crippen LogP contribution in [0.25, 0.3) is 10.6 Å². The van der Waals surface area contributed by atoms with Crippen molar-refractivity contribution in [3.05, 3.63) is 40.4 Å². The number of alkyl halides is 3. The van der Waals surface area contributed by atoms with Gasteiger partial charge in [-0.25, -0.2) is 18.1 Å². The van der Waals surface area contributed by atoms with Crippen molar-refractivity contribution in [1.82, 2.24) is 14.6 Å². The first-order chi connectivity index (χ1) is 13.4. The number of amides is 1. The Morgan fingerprint density at radius 3 is 2.31 bits per heavy atom. The van der Waals surface area contributed by atoms with Crippen molar-refractivity contribution in [3.8, 4) is 10.6 Å². The van der Waals surface area contributed by atoms with E-state index in [1.165, 1.54) is 12.1 Å². The van der Waals surface area contributed by atoms with Gasteiger partial charge in [0.1, 0.15) is 9.88 Å². The van der Waals surface area contributed by atoms with Crippen LogP contribution >= 0.6 is 11.3 Å². The topological polar surface area (TPSA) is 79.4 Å². The van der Waals surface area contributed by atoms with E-state index in [0.717, 1.165) is 29.7 Å². The van der Waals surface area contributed by atoms with Crippen LogP contribution in [0.15, 0.2) is 24.3 Å². The molecule has 1 amide bonds. The molecule has 0 unspecified atom stereocenters. The SMILES string of the molecule is Cc1nc(-c2ccc(C(F)(F)F)cc2)sc1C(=O)N1CCC(NS(C)(=O)=O)CC1. The Bertz CT molecular complexity index is 994. The van der Waals surface area contributed by atoms with Gasteiger partial charge < -0.3 is 4.90 Å². The van der Waals surface area contributed by atoms with Crippen LogP contribution in [0.2, 0.25) is 0 Å². The zero-order valence-electron chi connectivity index (χ0n) is 15.8. The molecule has 2 aromatic rings. The Labute approximate surface area is 170 Å². The molecule has 0 atom stereocenters. The Kier molecular flexibility index (Phi) is 6.02. The molecule has 3 rings (SSSR count). The van der Waals surface area contributed by atoms with Gasteiger partial charge in [-0.3, -0.25) is 4.79 Å². The van der Waals surface area contributed by atoms with Gasteiger partial charge in [-0.1, -0.05) is 12.1 Å². The third-order valence-corrected chi connectivity index (χ3v) is 6.57. The molecule has 1 aromatic carbocycles. The quantitative estimate of drug-likeness (QED) is 0.780. The fraction of sp³-hybridized carbons (Fsp3) is 0.444. The largest absolute Gasteiger partial charge is 0.416 e. The Morgan fingerprint density at radius 1 is 1.21 bits per heavy atom. The van der Waals surface area contributed by atoms with Crippen molar-refractivity contribution < 1.29 is 26.4 Å². The number of aryl methyl sites for hydroxylation is 1. The van der Waals surface area contributed by atoms with Crippen molar-refractivity contribution in [1.29, 1.82) is 0 Å². The van der Waals surface area contributed by atoms with Crippen LogP contribution in [0.3, 0.4) is 0 Å². The normalized spacial score (nSPS) is 16.2. The number of halogens is 3. The average Bonchev–Trinajstić information content (AvgIpc) is 3.01. The van der Waals surface area contributed by atoms with E-state index in [1.54, 1.807) is 11.8 Å². The van der Waals surface area contributed by atoms with Crippen LogP contribution in [-0.2, 0) is 16.2 Å². The van der Waals surface area contributed by atoms with E-state index in [9.17, 15) is 26.4 Å². The maximum absolute atomic E-state index is 12.9.